The minimum atomic E-state index is -1.37. The number of nitrogens with two attached hydrogens (primary N) is 1. The van der Waals surface area contributed by atoms with Gasteiger partial charge in [-0.2, -0.15) is 0 Å². The van der Waals surface area contributed by atoms with Gasteiger partial charge in [0.15, 0.2) is 12.1 Å². The van der Waals surface area contributed by atoms with E-state index in [2.05, 4.69) is 10.6 Å². The van der Waals surface area contributed by atoms with Crippen LogP contribution in [0.5, 0.6) is 5.75 Å². The van der Waals surface area contributed by atoms with Crippen LogP contribution in [0.4, 0.5) is 4.79 Å². The van der Waals surface area contributed by atoms with E-state index in [0.29, 0.717) is 44.4 Å². The molecule has 7 N–H and O–H groups in total. The minimum Gasteiger partial charge on any atom is -0.457 e. The van der Waals surface area contributed by atoms with Gasteiger partial charge in [0.05, 0.1) is 12.1 Å². The van der Waals surface area contributed by atoms with Crippen molar-refractivity contribution < 1.29 is 58.2 Å². The van der Waals surface area contributed by atoms with Crippen molar-refractivity contribution in [2.75, 3.05) is 19.9 Å². The lowest BCUT2D eigenvalue weighted by Gasteiger charge is -2.38. The summed E-state index contributed by atoms with van der Waals surface area (Å²) in [5, 5.41) is 35.8. The number of amides is 3. The van der Waals surface area contributed by atoms with E-state index in [4.69, 9.17) is 24.7 Å². The summed E-state index contributed by atoms with van der Waals surface area (Å²) in [6, 6.07) is 5.80. The molecule has 0 spiro atoms. The molecule has 8 atom stereocenters. The van der Waals surface area contributed by atoms with Gasteiger partial charge in [-0.25, -0.2) is 4.79 Å². The first kappa shape index (κ1) is 44.4. The third kappa shape index (κ3) is 15.8. The van der Waals surface area contributed by atoms with Crippen LogP contribution in [-0.4, -0.2) is 95.6 Å². The predicted molar refractivity (Wildman–Crippen MR) is 189 cm³/mol. The predicted octanol–water partition coefficient (Wildman–Crippen LogP) is 2.64. The van der Waals surface area contributed by atoms with Gasteiger partial charge >= 0.3 is 6.16 Å². The van der Waals surface area contributed by atoms with Gasteiger partial charge in [0.1, 0.15) is 24.6 Å². The molecule has 52 heavy (non-hydrogen) atoms. The van der Waals surface area contributed by atoms with E-state index in [-0.39, 0.29) is 48.7 Å². The molecule has 0 saturated carbocycles. The van der Waals surface area contributed by atoms with Gasteiger partial charge in [-0.15, -0.1) is 0 Å². The number of primary amides is 1. The lowest BCUT2D eigenvalue weighted by Crippen LogP contribution is -2.55. The molecule has 1 heterocycles. The second kappa shape index (κ2) is 23.7. The quantitative estimate of drug-likeness (QED) is 0.0511. The Morgan fingerprint density at radius 1 is 0.923 bits per heavy atom. The summed E-state index contributed by atoms with van der Waals surface area (Å²) in [4.78, 5) is 62.8. The van der Waals surface area contributed by atoms with Crippen molar-refractivity contribution in [1.82, 2.24) is 10.6 Å². The summed E-state index contributed by atoms with van der Waals surface area (Å²) in [6.07, 6.45) is -0.184. The molecule has 1 aromatic carbocycles. The third-order valence-corrected chi connectivity index (χ3v) is 9.38. The van der Waals surface area contributed by atoms with Crippen molar-refractivity contribution in [1.29, 1.82) is 0 Å². The third-order valence-electron chi connectivity index (χ3n) is 9.38. The lowest BCUT2D eigenvalue weighted by atomic mass is 9.84. The monoisotopic (exact) mass is 737 g/mol. The maximum Gasteiger partial charge on any atom is 0.511 e. The van der Waals surface area contributed by atoms with Crippen LogP contribution in [-0.2, 0) is 39.8 Å². The van der Waals surface area contributed by atoms with Crippen LogP contribution in [0.3, 0.4) is 0 Å². The number of Topliss-reactive ketones (excluding diaryl/α,β-unsaturated/α-hetero) is 1. The molecule has 2 rings (SSSR count). The highest BCUT2D eigenvalue weighted by atomic mass is 16.8. The molecule has 0 aromatic heterocycles. The highest BCUT2D eigenvalue weighted by Crippen LogP contribution is 2.25. The molecule has 1 fully saturated rings. The summed E-state index contributed by atoms with van der Waals surface area (Å²) >= 11 is 0. The number of unbranched alkanes of at least 4 members (excludes halogenated alkanes) is 4. The van der Waals surface area contributed by atoms with Crippen LogP contribution < -0.4 is 21.1 Å². The average Bonchev–Trinajstić information content (AvgIpc) is 3.11. The van der Waals surface area contributed by atoms with Crippen molar-refractivity contribution in [3.63, 3.8) is 0 Å². The summed E-state index contributed by atoms with van der Waals surface area (Å²) in [5.74, 6) is -2.08. The molecule has 15 heteroatoms. The first-order chi connectivity index (χ1) is 24.8. The molecular formula is C37H59N3O12. The number of aliphatic hydroxyl groups is 3. The second-order valence-electron chi connectivity index (χ2n) is 13.5. The van der Waals surface area contributed by atoms with Gasteiger partial charge in [-0.3, -0.25) is 19.2 Å². The fourth-order valence-corrected chi connectivity index (χ4v) is 5.70. The Bertz CT molecular complexity index is 1260. The molecule has 1 aliphatic heterocycles. The highest BCUT2D eigenvalue weighted by Gasteiger charge is 2.42. The Morgan fingerprint density at radius 2 is 1.62 bits per heavy atom. The van der Waals surface area contributed by atoms with E-state index in [9.17, 15) is 39.3 Å². The van der Waals surface area contributed by atoms with Gasteiger partial charge in [0.2, 0.25) is 24.5 Å². The fraction of sp³-hybridized carbons (Fsp3) is 0.703. The normalized spacial score (nSPS) is 21.6. The van der Waals surface area contributed by atoms with Crippen molar-refractivity contribution in [3.05, 3.63) is 29.8 Å². The van der Waals surface area contributed by atoms with Gasteiger partial charge in [0.25, 0.3) is 0 Å². The van der Waals surface area contributed by atoms with E-state index in [0.717, 1.165) is 24.8 Å². The van der Waals surface area contributed by atoms with Crippen LogP contribution in [0.25, 0.3) is 0 Å². The fourth-order valence-electron chi connectivity index (χ4n) is 5.70. The molecule has 3 amide bonds. The Balaban J connectivity index is 1.97. The number of hydrogen-bond donors (Lipinski definition) is 6. The molecule has 4 unspecified atom stereocenters. The molecule has 1 aromatic rings. The number of carbonyl (C=O) groups excluding carboxylic acids is 5. The van der Waals surface area contributed by atoms with Crippen LogP contribution in [0.1, 0.15) is 97.5 Å². The van der Waals surface area contributed by atoms with Crippen LogP contribution in [0.15, 0.2) is 24.3 Å². The SMILES string of the molecule is CCCCCC(=O)NC(Cc1ccc(OCOC(=O)OC[C@H]2OC(O)[C@H](C)[C@@H](O)[C@@H]2O)cc1)C(=O)CC(C(=O)NCCCCCC(N)=O)C(C)CC. The zero-order valence-corrected chi connectivity index (χ0v) is 30.9. The van der Waals surface area contributed by atoms with Gasteiger partial charge < -0.3 is 50.6 Å². The Kier molecular flexibility index (Phi) is 20.2. The van der Waals surface area contributed by atoms with Gasteiger partial charge in [-0.05, 0) is 49.3 Å². The smallest absolute Gasteiger partial charge is 0.457 e. The number of benzene rings is 1. The maximum absolute atomic E-state index is 13.7. The molecule has 0 radical (unpaired) electrons. The van der Waals surface area contributed by atoms with Gasteiger partial charge in [-0.1, -0.05) is 65.5 Å². The first-order valence-corrected chi connectivity index (χ1v) is 18.4. The molecular weight excluding hydrogens is 678 g/mol. The van der Waals surface area contributed by atoms with E-state index >= 15 is 0 Å². The molecule has 0 bridgehead atoms. The summed E-state index contributed by atoms with van der Waals surface area (Å²) in [5.41, 5.74) is 5.91. The van der Waals surface area contributed by atoms with Gasteiger partial charge in [0, 0.05) is 37.6 Å². The standard InChI is InChI=1S/C37H59N3O12/c1-5-7-9-13-32(43)40-28(29(41)20-27(23(3)6-2)35(46)39-18-11-8-10-12-31(38)42)19-25-14-16-26(17-15-25)50-22-51-37(48)49-21-30-34(45)33(44)24(4)36(47)52-30/h14-17,23-24,27-28,30,33-34,36,44-45,47H,5-13,18-22H2,1-4H3,(H2,38,42)(H,39,46)(H,40,43)/t23?,24-,27?,28?,30-,33-,34-,36?/m1/s1. The summed E-state index contributed by atoms with van der Waals surface area (Å²) in [6.45, 7) is 6.89. The van der Waals surface area contributed by atoms with Crippen LogP contribution in [0, 0.1) is 17.8 Å². The lowest BCUT2D eigenvalue weighted by molar-refractivity contribution is -0.266. The Labute approximate surface area is 306 Å². The second-order valence-corrected chi connectivity index (χ2v) is 13.5. The largest absolute Gasteiger partial charge is 0.511 e. The summed E-state index contributed by atoms with van der Waals surface area (Å²) in [7, 11) is 0. The number of ketones is 1. The van der Waals surface area contributed by atoms with E-state index < -0.39 is 62.0 Å². The van der Waals surface area contributed by atoms with Crippen LogP contribution >= 0.6 is 0 Å². The number of hydrogen-bond acceptors (Lipinski definition) is 12. The number of rotatable bonds is 24. The topological polar surface area (TPSA) is 233 Å². The molecule has 0 aliphatic carbocycles. The van der Waals surface area contributed by atoms with E-state index in [1.165, 1.54) is 6.92 Å². The number of aliphatic hydroxyl groups excluding tert-OH is 3. The number of carbonyl (C=O) groups is 5. The summed E-state index contributed by atoms with van der Waals surface area (Å²) < 4.78 is 20.5. The highest BCUT2D eigenvalue weighted by molar-refractivity contribution is 5.92. The Morgan fingerprint density at radius 3 is 2.27 bits per heavy atom. The van der Waals surface area contributed by atoms with Crippen molar-refractivity contribution >= 4 is 29.7 Å². The first-order valence-electron chi connectivity index (χ1n) is 18.4. The average molecular weight is 738 g/mol. The minimum absolute atomic E-state index is 0.0385. The van der Waals surface area contributed by atoms with Crippen LogP contribution in [0.2, 0.25) is 0 Å². The van der Waals surface area contributed by atoms with Crippen molar-refractivity contribution in [3.8, 4) is 5.75 Å². The van der Waals surface area contributed by atoms with E-state index in [1.807, 2.05) is 20.8 Å². The molecule has 294 valence electrons. The number of nitrogens with one attached hydrogen (secondary N) is 2. The van der Waals surface area contributed by atoms with Crippen molar-refractivity contribution in [2.45, 2.75) is 129 Å². The number of ether oxygens (including phenoxy) is 4. The maximum atomic E-state index is 13.7. The molecule has 1 saturated heterocycles. The van der Waals surface area contributed by atoms with Crippen molar-refractivity contribution in [2.24, 2.45) is 23.5 Å². The zero-order valence-electron chi connectivity index (χ0n) is 30.9. The zero-order chi connectivity index (χ0) is 38.6. The molecule has 15 nitrogen and oxygen atoms in total. The molecule has 1 aliphatic rings. The van der Waals surface area contributed by atoms with E-state index in [1.54, 1.807) is 24.3 Å². The Hall–Kier alpha value is -3.79.